The van der Waals surface area contributed by atoms with Crippen molar-refractivity contribution in [1.29, 1.82) is 0 Å². The van der Waals surface area contributed by atoms with Gasteiger partial charge in [-0.05, 0) is 6.42 Å². The van der Waals surface area contributed by atoms with Gasteiger partial charge in [-0.3, -0.25) is 4.79 Å². The lowest BCUT2D eigenvalue weighted by Gasteiger charge is -2.05. The van der Waals surface area contributed by atoms with Gasteiger partial charge in [0, 0.05) is 12.5 Å². The summed E-state index contributed by atoms with van der Waals surface area (Å²) in [6.07, 6.45) is 11.0. The number of hydrogen-bond acceptors (Lipinski definition) is 4. The van der Waals surface area contributed by atoms with Gasteiger partial charge >= 0.3 is 5.63 Å². The van der Waals surface area contributed by atoms with Crippen LogP contribution in [0.2, 0.25) is 0 Å². The number of methoxy groups -OCH3 is 1. The lowest BCUT2D eigenvalue weighted by molar-refractivity contribution is 0.111. The van der Waals surface area contributed by atoms with Gasteiger partial charge in [0.25, 0.3) is 0 Å². The molecule has 0 N–H and O–H groups in total. The minimum Gasteiger partial charge on any atom is -0.496 e. The summed E-state index contributed by atoms with van der Waals surface area (Å²) in [5.41, 5.74) is -0.656. The van der Waals surface area contributed by atoms with Crippen molar-refractivity contribution < 1.29 is 13.9 Å². The van der Waals surface area contributed by atoms with E-state index >= 15 is 0 Å². The van der Waals surface area contributed by atoms with Crippen molar-refractivity contribution in [3.63, 3.8) is 0 Å². The molecule has 0 aliphatic heterocycles. The van der Waals surface area contributed by atoms with E-state index in [2.05, 4.69) is 6.92 Å². The quantitative estimate of drug-likeness (QED) is 0.454. The van der Waals surface area contributed by atoms with Crippen molar-refractivity contribution >= 4 is 6.29 Å². The van der Waals surface area contributed by atoms with Crippen LogP contribution in [0, 0.1) is 0 Å². The predicted octanol–water partition coefficient (Wildman–Crippen LogP) is 4.14. The van der Waals surface area contributed by atoms with Crippen molar-refractivity contribution in [3.8, 4) is 5.75 Å². The van der Waals surface area contributed by atoms with E-state index in [1.165, 1.54) is 45.6 Å². The summed E-state index contributed by atoms with van der Waals surface area (Å²) in [5, 5.41) is 0. The molecule has 0 radical (unpaired) electrons. The first-order chi connectivity index (χ1) is 10.2. The Kier molecular flexibility index (Phi) is 8.48. The maximum atomic E-state index is 11.6. The van der Waals surface area contributed by atoms with Gasteiger partial charge in [0.2, 0.25) is 0 Å². The summed E-state index contributed by atoms with van der Waals surface area (Å²) in [6, 6.07) is 1.65. The van der Waals surface area contributed by atoms with Gasteiger partial charge in [-0.25, -0.2) is 4.79 Å². The largest absolute Gasteiger partial charge is 0.496 e. The van der Waals surface area contributed by atoms with E-state index < -0.39 is 5.63 Å². The molecule has 1 aromatic rings. The Morgan fingerprint density at radius 3 is 2.29 bits per heavy atom. The molecule has 0 saturated heterocycles. The molecule has 0 fully saturated rings. The van der Waals surface area contributed by atoms with Crippen LogP contribution in [0.15, 0.2) is 15.3 Å². The molecule has 0 amide bonds. The van der Waals surface area contributed by atoms with Crippen LogP contribution in [0.25, 0.3) is 0 Å². The molecule has 1 heterocycles. The number of ether oxygens (including phenoxy) is 1. The second kappa shape index (κ2) is 10.2. The van der Waals surface area contributed by atoms with Crippen molar-refractivity contribution in [2.24, 2.45) is 0 Å². The average molecular weight is 294 g/mol. The molecule has 4 heteroatoms. The van der Waals surface area contributed by atoms with Gasteiger partial charge in [-0.1, -0.05) is 51.9 Å². The highest BCUT2D eigenvalue weighted by molar-refractivity contribution is 5.78. The normalized spacial score (nSPS) is 10.6. The van der Waals surface area contributed by atoms with Crippen molar-refractivity contribution in [2.75, 3.05) is 7.11 Å². The molecule has 1 rings (SSSR count). The third-order valence-electron chi connectivity index (χ3n) is 3.62. The Hall–Kier alpha value is -1.58. The fraction of sp³-hybridized carbons (Fsp3) is 0.647. The molecule has 0 aliphatic carbocycles. The van der Waals surface area contributed by atoms with Crippen molar-refractivity contribution in [3.05, 3.63) is 27.8 Å². The van der Waals surface area contributed by atoms with Gasteiger partial charge in [0.05, 0.1) is 7.11 Å². The van der Waals surface area contributed by atoms with E-state index in [-0.39, 0.29) is 5.56 Å². The molecule has 0 bridgehead atoms. The Bertz CT molecular complexity index is 476. The predicted molar refractivity (Wildman–Crippen MR) is 83.2 cm³/mol. The molecule has 0 aromatic carbocycles. The van der Waals surface area contributed by atoms with Crippen LogP contribution in [0.1, 0.15) is 74.4 Å². The second-order valence-corrected chi connectivity index (χ2v) is 5.32. The fourth-order valence-electron chi connectivity index (χ4n) is 2.36. The first-order valence-corrected chi connectivity index (χ1v) is 7.89. The standard InChI is InChI=1S/C17H26O4/c1-3-4-5-6-7-8-9-10-11-14-12-16(20-2)15(13-18)17(19)21-14/h12-13H,3-11H2,1-2H3. The highest BCUT2D eigenvalue weighted by Crippen LogP contribution is 2.17. The summed E-state index contributed by atoms with van der Waals surface area (Å²) in [7, 11) is 1.45. The third-order valence-corrected chi connectivity index (χ3v) is 3.62. The van der Waals surface area contributed by atoms with E-state index in [9.17, 15) is 9.59 Å². The summed E-state index contributed by atoms with van der Waals surface area (Å²) in [6.45, 7) is 2.22. The van der Waals surface area contributed by atoms with Gasteiger partial charge in [0.15, 0.2) is 6.29 Å². The SMILES string of the molecule is CCCCCCCCCCc1cc(OC)c(C=O)c(=O)o1. The van der Waals surface area contributed by atoms with Crippen LogP contribution in [-0.2, 0) is 6.42 Å². The average Bonchev–Trinajstić information content (AvgIpc) is 2.49. The highest BCUT2D eigenvalue weighted by Gasteiger charge is 2.11. The fourth-order valence-corrected chi connectivity index (χ4v) is 2.36. The van der Waals surface area contributed by atoms with Gasteiger partial charge in [-0.2, -0.15) is 0 Å². The van der Waals surface area contributed by atoms with Crippen molar-refractivity contribution in [1.82, 2.24) is 0 Å². The van der Waals surface area contributed by atoms with Crippen LogP contribution in [-0.4, -0.2) is 13.4 Å². The monoisotopic (exact) mass is 294 g/mol. The third kappa shape index (κ3) is 6.15. The maximum absolute atomic E-state index is 11.6. The van der Waals surface area contributed by atoms with E-state index in [1.807, 2.05) is 0 Å². The first-order valence-electron chi connectivity index (χ1n) is 7.89. The molecule has 118 valence electrons. The van der Waals surface area contributed by atoms with Gasteiger partial charge < -0.3 is 9.15 Å². The zero-order chi connectivity index (χ0) is 15.5. The number of carbonyl (C=O) groups excluding carboxylic acids is 1. The number of carbonyl (C=O) groups is 1. The Morgan fingerprint density at radius 2 is 1.71 bits per heavy atom. The Labute approximate surface area is 126 Å². The highest BCUT2D eigenvalue weighted by atomic mass is 16.5. The molecule has 4 nitrogen and oxygen atoms in total. The van der Waals surface area contributed by atoms with E-state index in [4.69, 9.17) is 9.15 Å². The smallest absolute Gasteiger partial charge is 0.350 e. The van der Waals surface area contributed by atoms with Crippen LogP contribution >= 0.6 is 0 Å². The number of hydrogen-bond donors (Lipinski definition) is 0. The number of aldehydes is 1. The minimum atomic E-state index is -0.612. The maximum Gasteiger partial charge on any atom is 0.350 e. The zero-order valence-electron chi connectivity index (χ0n) is 13.2. The van der Waals surface area contributed by atoms with Crippen LogP contribution in [0.5, 0.6) is 5.75 Å². The molecule has 0 spiro atoms. The summed E-state index contributed by atoms with van der Waals surface area (Å²) < 4.78 is 10.2. The summed E-state index contributed by atoms with van der Waals surface area (Å²) >= 11 is 0. The van der Waals surface area contributed by atoms with Crippen LogP contribution in [0.3, 0.4) is 0 Å². The molecule has 0 aliphatic rings. The number of rotatable bonds is 11. The number of aryl methyl sites for hydroxylation is 1. The molecular formula is C17H26O4. The minimum absolute atomic E-state index is 0.0443. The lowest BCUT2D eigenvalue weighted by atomic mass is 10.1. The van der Waals surface area contributed by atoms with E-state index in [1.54, 1.807) is 6.07 Å². The second-order valence-electron chi connectivity index (χ2n) is 5.32. The van der Waals surface area contributed by atoms with Gasteiger partial charge in [-0.15, -0.1) is 0 Å². The Morgan fingerprint density at radius 1 is 1.10 bits per heavy atom. The zero-order valence-corrected chi connectivity index (χ0v) is 13.2. The molecule has 0 saturated carbocycles. The lowest BCUT2D eigenvalue weighted by Crippen LogP contribution is -2.10. The molecule has 21 heavy (non-hydrogen) atoms. The number of unbranched alkanes of at least 4 members (excludes halogenated alkanes) is 7. The summed E-state index contributed by atoms with van der Waals surface area (Å²) in [4.78, 5) is 22.4. The van der Waals surface area contributed by atoms with E-state index in [0.717, 1.165) is 12.8 Å². The molecule has 1 aromatic heterocycles. The molecule has 0 atom stereocenters. The summed E-state index contributed by atoms with van der Waals surface area (Å²) in [5.74, 6) is 0.893. The van der Waals surface area contributed by atoms with Gasteiger partial charge in [0.1, 0.15) is 17.1 Å². The van der Waals surface area contributed by atoms with E-state index in [0.29, 0.717) is 24.2 Å². The van der Waals surface area contributed by atoms with Crippen LogP contribution in [0.4, 0.5) is 0 Å². The van der Waals surface area contributed by atoms with Crippen LogP contribution < -0.4 is 10.4 Å². The molecule has 0 unspecified atom stereocenters. The first kappa shape index (κ1) is 17.5. The topological polar surface area (TPSA) is 56.5 Å². The van der Waals surface area contributed by atoms with Crippen molar-refractivity contribution in [2.45, 2.75) is 64.7 Å². The molecular weight excluding hydrogens is 268 g/mol. The Balaban J connectivity index is 2.34.